The van der Waals surface area contributed by atoms with E-state index >= 15 is 4.39 Å². The number of pyridine rings is 1. The predicted octanol–water partition coefficient (Wildman–Crippen LogP) is 4.41. The number of carbonyl (C=O) groups excluding carboxylic acids is 3. The molecule has 0 bridgehead atoms. The van der Waals surface area contributed by atoms with Gasteiger partial charge in [0.1, 0.15) is 29.1 Å². The summed E-state index contributed by atoms with van der Waals surface area (Å²) in [5.41, 5.74) is -1.26. The fourth-order valence-electron chi connectivity index (χ4n) is 6.27. The number of likely N-dealkylation sites (tertiary alicyclic amines) is 1. The van der Waals surface area contributed by atoms with Gasteiger partial charge < -0.3 is 19.4 Å². The number of aryl methyl sites for hydroxylation is 1. The van der Waals surface area contributed by atoms with Crippen molar-refractivity contribution in [1.82, 2.24) is 25.1 Å². The SMILES string of the molecule is Cc1cc(C(F)(F)F)cc(N2C(=O)C[C@@H]3CN(Cc4n[nH]c(C5CN(C(=O)OC(C)(C)C)C5)n4)c4c(F)cccc4N(C)C(=O)[C@H]32)n1. The van der Waals surface area contributed by atoms with Crippen LogP contribution in [-0.2, 0) is 27.0 Å². The minimum absolute atomic E-state index is 0.00190. The molecule has 12 nitrogen and oxygen atoms in total. The van der Waals surface area contributed by atoms with Gasteiger partial charge in [0.2, 0.25) is 11.8 Å². The number of hydrogen-bond acceptors (Lipinski definition) is 8. The number of ether oxygens (including phenoxy) is 1. The Labute approximate surface area is 267 Å². The highest BCUT2D eigenvalue weighted by atomic mass is 19.4. The number of H-pyrrole nitrogens is 1. The van der Waals surface area contributed by atoms with Crippen LogP contribution >= 0.6 is 0 Å². The van der Waals surface area contributed by atoms with E-state index < -0.39 is 53.0 Å². The van der Waals surface area contributed by atoms with Crippen LogP contribution in [0.15, 0.2) is 30.3 Å². The standard InChI is InChI=1S/C31H34F4N8O4/c1-16-9-19(31(33,34)35)11-23(36-16)43-24(44)10-17-12-41(26-20(32)7-6-8-21(26)40(5)28(45)25(17)43)15-22-37-27(39-38-22)18-13-42(14-18)29(46)47-30(2,3)4/h6-9,11,17-18,25H,10,12-15H2,1-5H3,(H,37,38,39)/t17-,25+/m1/s1. The van der Waals surface area contributed by atoms with E-state index in [4.69, 9.17) is 4.74 Å². The van der Waals surface area contributed by atoms with E-state index in [-0.39, 0.29) is 48.3 Å². The summed E-state index contributed by atoms with van der Waals surface area (Å²) >= 11 is 0. The Bertz CT molecular complexity index is 1730. The van der Waals surface area contributed by atoms with Gasteiger partial charge in [0.05, 0.1) is 29.4 Å². The lowest BCUT2D eigenvalue weighted by molar-refractivity contribution is -0.137. The number of aromatic amines is 1. The van der Waals surface area contributed by atoms with Crippen molar-refractivity contribution in [3.63, 3.8) is 0 Å². The molecule has 3 aliphatic heterocycles. The molecule has 16 heteroatoms. The van der Waals surface area contributed by atoms with Crippen molar-refractivity contribution < 1.29 is 36.7 Å². The summed E-state index contributed by atoms with van der Waals surface area (Å²) in [7, 11) is 1.44. The second-order valence-corrected chi connectivity index (χ2v) is 13.1. The lowest BCUT2D eigenvalue weighted by Gasteiger charge is -2.38. The molecule has 2 aromatic heterocycles. The number of aromatic nitrogens is 4. The summed E-state index contributed by atoms with van der Waals surface area (Å²) < 4.78 is 62.0. The Morgan fingerprint density at radius 1 is 1.09 bits per heavy atom. The van der Waals surface area contributed by atoms with E-state index in [2.05, 4.69) is 20.2 Å². The van der Waals surface area contributed by atoms with Gasteiger partial charge >= 0.3 is 12.3 Å². The number of fused-ring (bicyclic) bond motifs is 2. The molecule has 2 atom stereocenters. The van der Waals surface area contributed by atoms with Gasteiger partial charge in [-0.3, -0.25) is 19.6 Å². The lowest BCUT2D eigenvalue weighted by Crippen LogP contribution is -2.52. The Kier molecular flexibility index (Phi) is 7.87. The Morgan fingerprint density at radius 3 is 2.49 bits per heavy atom. The molecule has 2 fully saturated rings. The third-order valence-corrected chi connectivity index (χ3v) is 8.43. The summed E-state index contributed by atoms with van der Waals surface area (Å²) in [6.45, 7) is 7.49. The minimum atomic E-state index is -4.69. The molecule has 250 valence electrons. The van der Waals surface area contributed by atoms with Gasteiger partial charge in [0.15, 0.2) is 5.82 Å². The van der Waals surface area contributed by atoms with Gasteiger partial charge in [-0.25, -0.2) is 19.2 Å². The Hall–Kier alpha value is -4.76. The highest BCUT2D eigenvalue weighted by Gasteiger charge is 2.50. The number of anilines is 3. The van der Waals surface area contributed by atoms with Crippen molar-refractivity contribution in [1.29, 1.82) is 0 Å². The van der Waals surface area contributed by atoms with Crippen molar-refractivity contribution in [2.75, 3.05) is 41.4 Å². The first kappa shape index (κ1) is 32.2. The molecule has 3 aliphatic rings. The summed E-state index contributed by atoms with van der Waals surface area (Å²) in [5.74, 6) is -2.02. The Balaban J connectivity index is 1.29. The van der Waals surface area contributed by atoms with E-state index in [1.807, 2.05) is 0 Å². The van der Waals surface area contributed by atoms with Crippen LogP contribution in [0.1, 0.15) is 56.0 Å². The number of rotatable bonds is 4. The molecule has 3 aromatic rings. The van der Waals surface area contributed by atoms with E-state index in [1.165, 1.54) is 31.0 Å². The summed E-state index contributed by atoms with van der Waals surface area (Å²) in [6.07, 6.45) is -5.30. The molecule has 0 unspecified atom stereocenters. The monoisotopic (exact) mass is 658 g/mol. The zero-order valence-corrected chi connectivity index (χ0v) is 26.4. The summed E-state index contributed by atoms with van der Waals surface area (Å²) in [4.78, 5) is 54.0. The first-order valence-electron chi connectivity index (χ1n) is 15.1. The molecule has 3 amide bonds. The zero-order valence-electron chi connectivity index (χ0n) is 26.4. The summed E-state index contributed by atoms with van der Waals surface area (Å²) in [6, 6.07) is 4.71. The topological polar surface area (TPSA) is 128 Å². The van der Waals surface area contributed by atoms with E-state index in [1.54, 1.807) is 36.6 Å². The number of nitrogens with zero attached hydrogens (tertiary/aromatic N) is 7. The smallest absolute Gasteiger partial charge is 0.416 e. The predicted molar refractivity (Wildman–Crippen MR) is 161 cm³/mol. The van der Waals surface area contributed by atoms with Gasteiger partial charge in [-0.1, -0.05) is 6.07 Å². The van der Waals surface area contributed by atoms with Gasteiger partial charge in [-0.05, 0) is 52.0 Å². The van der Waals surface area contributed by atoms with E-state index in [0.717, 1.165) is 17.0 Å². The third kappa shape index (κ3) is 6.20. The number of alkyl halides is 3. The number of carbonyl (C=O) groups is 3. The molecule has 0 radical (unpaired) electrons. The first-order valence-corrected chi connectivity index (χ1v) is 15.1. The normalized spacial score (nSPS) is 20.5. The average molecular weight is 659 g/mol. The van der Waals surface area contributed by atoms with Crippen LogP contribution in [0.2, 0.25) is 0 Å². The van der Waals surface area contributed by atoms with E-state index in [0.29, 0.717) is 24.7 Å². The second kappa shape index (κ2) is 11.5. The van der Waals surface area contributed by atoms with Crippen molar-refractivity contribution in [2.24, 2.45) is 5.92 Å². The van der Waals surface area contributed by atoms with Crippen molar-refractivity contribution in [3.05, 3.63) is 59.1 Å². The lowest BCUT2D eigenvalue weighted by atomic mass is 9.95. The molecule has 47 heavy (non-hydrogen) atoms. The van der Waals surface area contributed by atoms with Crippen molar-refractivity contribution in [2.45, 2.75) is 64.4 Å². The number of amides is 3. The number of hydrogen-bond donors (Lipinski definition) is 1. The largest absolute Gasteiger partial charge is 0.444 e. The maximum absolute atomic E-state index is 15.6. The van der Waals surface area contributed by atoms with Crippen LogP contribution in [0.25, 0.3) is 0 Å². The summed E-state index contributed by atoms with van der Waals surface area (Å²) in [5, 5.41) is 7.23. The molecule has 1 aromatic carbocycles. The molecular weight excluding hydrogens is 624 g/mol. The molecule has 0 saturated carbocycles. The maximum Gasteiger partial charge on any atom is 0.416 e. The molecule has 0 spiro atoms. The number of likely N-dealkylation sites (N-methyl/N-ethyl adjacent to an activating group) is 1. The molecule has 2 saturated heterocycles. The van der Waals surface area contributed by atoms with Gasteiger partial charge in [0.25, 0.3) is 0 Å². The van der Waals surface area contributed by atoms with E-state index in [9.17, 15) is 27.6 Å². The maximum atomic E-state index is 15.6. The number of para-hydroxylation sites is 1. The van der Waals surface area contributed by atoms with Gasteiger partial charge in [-0.15, -0.1) is 0 Å². The van der Waals surface area contributed by atoms with Crippen molar-refractivity contribution in [3.8, 4) is 0 Å². The molecule has 1 N–H and O–H groups in total. The molecule has 5 heterocycles. The average Bonchev–Trinajstić information content (AvgIpc) is 3.52. The van der Waals surface area contributed by atoms with Crippen LogP contribution in [0.4, 0.5) is 39.5 Å². The van der Waals surface area contributed by atoms with Crippen LogP contribution in [0.3, 0.4) is 0 Å². The number of benzene rings is 1. The van der Waals surface area contributed by atoms with Crippen LogP contribution in [0, 0.1) is 18.7 Å². The Morgan fingerprint density at radius 2 is 1.81 bits per heavy atom. The molecule has 6 rings (SSSR count). The fourth-order valence-corrected chi connectivity index (χ4v) is 6.27. The number of halogens is 4. The molecular formula is C31H34F4N8O4. The van der Waals surface area contributed by atoms with Crippen LogP contribution in [0.5, 0.6) is 0 Å². The van der Waals surface area contributed by atoms with Crippen molar-refractivity contribution >= 4 is 35.1 Å². The number of nitrogens with one attached hydrogen (secondary N) is 1. The highest BCUT2D eigenvalue weighted by Crippen LogP contribution is 2.42. The zero-order chi connectivity index (χ0) is 34.0. The fraction of sp³-hybridized carbons (Fsp3) is 0.484. The molecule has 0 aliphatic carbocycles. The third-order valence-electron chi connectivity index (χ3n) is 8.43. The van der Waals surface area contributed by atoms with Gasteiger partial charge in [0, 0.05) is 44.7 Å². The van der Waals surface area contributed by atoms with Gasteiger partial charge in [-0.2, -0.15) is 18.3 Å². The van der Waals surface area contributed by atoms with Crippen LogP contribution in [-0.4, -0.2) is 81.3 Å². The quantitative estimate of drug-likeness (QED) is 0.409. The second-order valence-electron chi connectivity index (χ2n) is 13.1. The minimum Gasteiger partial charge on any atom is -0.444 e. The first-order chi connectivity index (χ1) is 22.0. The highest BCUT2D eigenvalue weighted by molar-refractivity contribution is 6.10. The van der Waals surface area contributed by atoms with Crippen LogP contribution < -0.4 is 14.7 Å².